The zero-order valence-corrected chi connectivity index (χ0v) is 12.1. The molecule has 3 rings (SSSR count). The molecule has 21 heavy (non-hydrogen) atoms. The van der Waals surface area contributed by atoms with Crippen LogP contribution in [0, 0.1) is 0 Å². The Kier molecular flexibility index (Phi) is 4.36. The number of rotatable bonds is 4. The highest BCUT2D eigenvalue weighted by molar-refractivity contribution is 5.78. The van der Waals surface area contributed by atoms with Crippen LogP contribution in [-0.2, 0) is 16.0 Å². The number of pyridine rings is 1. The van der Waals surface area contributed by atoms with Crippen molar-refractivity contribution in [2.75, 3.05) is 32.0 Å². The maximum atomic E-state index is 11.9. The van der Waals surface area contributed by atoms with Crippen molar-refractivity contribution in [2.24, 2.45) is 0 Å². The SMILES string of the molecule is Nc1ccc(CC(=O)NCC2CN3CCCC3CO2)nc1. The van der Waals surface area contributed by atoms with Gasteiger partial charge < -0.3 is 15.8 Å². The zero-order chi connectivity index (χ0) is 14.7. The number of nitrogen functional groups attached to an aromatic ring is 1. The average molecular weight is 290 g/mol. The molecule has 0 spiro atoms. The van der Waals surface area contributed by atoms with Gasteiger partial charge in [0.15, 0.2) is 0 Å². The van der Waals surface area contributed by atoms with E-state index in [1.54, 1.807) is 18.3 Å². The summed E-state index contributed by atoms with van der Waals surface area (Å²) < 4.78 is 5.82. The van der Waals surface area contributed by atoms with Crippen molar-refractivity contribution in [3.05, 3.63) is 24.0 Å². The summed E-state index contributed by atoms with van der Waals surface area (Å²) in [5.41, 5.74) is 6.91. The lowest BCUT2D eigenvalue weighted by Gasteiger charge is -2.35. The summed E-state index contributed by atoms with van der Waals surface area (Å²) in [5.74, 6) is -0.0283. The molecular formula is C15H22N4O2. The number of aromatic nitrogens is 1. The van der Waals surface area contributed by atoms with Crippen LogP contribution in [0.4, 0.5) is 5.69 Å². The van der Waals surface area contributed by atoms with Crippen LogP contribution in [0.2, 0.25) is 0 Å². The molecule has 2 unspecified atom stereocenters. The third-order valence-corrected chi connectivity index (χ3v) is 4.18. The van der Waals surface area contributed by atoms with Crippen molar-refractivity contribution in [3.8, 4) is 0 Å². The van der Waals surface area contributed by atoms with Crippen molar-refractivity contribution in [3.63, 3.8) is 0 Å². The van der Waals surface area contributed by atoms with Gasteiger partial charge in [-0.25, -0.2) is 0 Å². The quantitative estimate of drug-likeness (QED) is 0.827. The van der Waals surface area contributed by atoms with Gasteiger partial charge in [-0.2, -0.15) is 0 Å². The molecule has 2 atom stereocenters. The van der Waals surface area contributed by atoms with E-state index in [0.29, 0.717) is 18.3 Å². The van der Waals surface area contributed by atoms with E-state index in [1.165, 1.54) is 12.8 Å². The second kappa shape index (κ2) is 6.41. The fourth-order valence-electron chi connectivity index (χ4n) is 3.00. The lowest BCUT2D eigenvalue weighted by molar-refractivity contribution is -0.122. The predicted octanol–water partition coefficient (Wildman–Crippen LogP) is 0.186. The van der Waals surface area contributed by atoms with E-state index in [9.17, 15) is 4.79 Å². The Bertz CT molecular complexity index is 491. The maximum Gasteiger partial charge on any atom is 0.226 e. The summed E-state index contributed by atoms with van der Waals surface area (Å²) in [6, 6.07) is 4.13. The highest BCUT2D eigenvalue weighted by Crippen LogP contribution is 2.22. The Balaban J connectivity index is 1.42. The molecule has 1 aromatic rings. The number of nitrogens with zero attached hydrogens (tertiary/aromatic N) is 2. The van der Waals surface area contributed by atoms with E-state index < -0.39 is 0 Å². The van der Waals surface area contributed by atoms with Crippen LogP contribution in [0.25, 0.3) is 0 Å². The molecule has 2 fully saturated rings. The molecule has 6 heteroatoms. The number of carbonyl (C=O) groups excluding carboxylic acids is 1. The van der Waals surface area contributed by atoms with Gasteiger partial charge in [-0.05, 0) is 31.5 Å². The molecule has 2 aliphatic heterocycles. The van der Waals surface area contributed by atoms with Crippen LogP contribution in [0.1, 0.15) is 18.5 Å². The minimum Gasteiger partial charge on any atom is -0.397 e. The summed E-state index contributed by atoms with van der Waals surface area (Å²) in [7, 11) is 0. The molecule has 0 aliphatic carbocycles. The van der Waals surface area contributed by atoms with E-state index >= 15 is 0 Å². The van der Waals surface area contributed by atoms with Gasteiger partial charge >= 0.3 is 0 Å². The summed E-state index contributed by atoms with van der Waals surface area (Å²) in [5, 5.41) is 2.93. The first kappa shape index (κ1) is 14.3. The molecule has 0 saturated carbocycles. The Labute approximate surface area is 124 Å². The highest BCUT2D eigenvalue weighted by Gasteiger charge is 2.32. The van der Waals surface area contributed by atoms with Gasteiger partial charge in [0, 0.05) is 24.8 Å². The van der Waals surface area contributed by atoms with Crippen LogP contribution >= 0.6 is 0 Å². The first-order valence-electron chi connectivity index (χ1n) is 7.53. The predicted molar refractivity (Wildman–Crippen MR) is 79.7 cm³/mol. The third kappa shape index (κ3) is 3.71. The smallest absolute Gasteiger partial charge is 0.226 e. The van der Waals surface area contributed by atoms with E-state index in [-0.39, 0.29) is 18.4 Å². The molecule has 2 aliphatic rings. The molecule has 0 radical (unpaired) electrons. The van der Waals surface area contributed by atoms with Gasteiger partial charge in [0.1, 0.15) is 0 Å². The molecule has 3 heterocycles. The molecule has 2 saturated heterocycles. The molecular weight excluding hydrogens is 268 g/mol. The summed E-state index contributed by atoms with van der Waals surface area (Å²) >= 11 is 0. The third-order valence-electron chi connectivity index (χ3n) is 4.18. The topological polar surface area (TPSA) is 80.5 Å². The van der Waals surface area contributed by atoms with Gasteiger partial charge in [-0.15, -0.1) is 0 Å². The molecule has 3 N–H and O–H groups in total. The number of amides is 1. The van der Waals surface area contributed by atoms with Crippen LogP contribution in [-0.4, -0.2) is 54.2 Å². The molecule has 0 bridgehead atoms. The van der Waals surface area contributed by atoms with E-state index in [0.717, 1.165) is 25.4 Å². The normalized spacial score (nSPS) is 25.5. The van der Waals surface area contributed by atoms with Crippen molar-refractivity contribution in [1.82, 2.24) is 15.2 Å². The number of hydrogen-bond donors (Lipinski definition) is 2. The van der Waals surface area contributed by atoms with Gasteiger partial charge in [0.05, 0.1) is 31.0 Å². The van der Waals surface area contributed by atoms with Crippen molar-refractivity contribution < 1.29 is 9.53 Å². The first-order chi connectivity index (χ1) is 10.2. The summed E-state index contributed by atoms with van der Waals surface area (Å²) in [6.07, 6.45) is 4.44. The van der Waals surface area contributed by atoms with Crippen LogP contribution in [0.5, 0.6) is 0 Å². The van der Waals surface area contributed by atoms with Crippen LogP contribution in [0.3, 0.4) is 0 Å². The minimum absolute atomic E-state index is 0.0283. The standard InChI is InChI=1S/C15H22N4O2/c16-11-3-4-12(17-7-11)6-15(20)18-8-14-9-19-5-1-2-13(19)10-21-14/h3-4,7,13-14H,1-2,5-6,8-10,16H2,(H,18,20). The van der Waals surface area contributed by atoms with Crippen molar-refractivity contribution >= 4 is 11.6 Å². The molecule has 6 nitrogen and oxygen atoms in total. The van der Waals surface area contributed by atoms with E-state index in [4.69, 9.17) is 10.5 Å². The fraction of sp³-hybridized carbons (Fsp3) is 0.600. The number of morpholine rings is 1. The number of hydrogen-bond acceptors (Lipinski definition) is 5. The first-order valence-corrected chi connectivity index (χ1v) is 7.53. The lowest BCUT2D eigenvalue weighted by atomic mass is 10.2. The number of carbonyl (C=O) groups is 1. The van der Waals surface area contributed by atoms with E-state index in [1.807, 2.05) is 0 Å². The fourth-order valence-corrected chi connectivity index (χ4v) is 3.00. The number of nitrogens with two attached hydrogens (primary N) is 1. The van der Waals surface area contributed by atoms with Crippen molar-refractivity contribution in [1.29, 1.82) is 0 Å². The summed E-state index contributed by atoms with van der Waals surface area (Å²) in [6.45, 7) is 3.44. The Morgan fingerprint density at radius 1 is 1.52 bits per heavy atom. The molecule has 1 amide bonds. The average Bonchev–Trinajstić information content (AvgIpc) is 2.95. The number of nitrogens with one attached hydrogen (secondary N) is 1. The maximum absolute atomic E-state index is 11.9. The highest BCUT2D eigenvalue weighted by atomic mass is 16.5. The minimum atomic E-state index is -0.0283. The Morgan fingerprint density at radius 3 is 3.24 bits per heavy atom. The van der Waals surface area contributed by atoms with Crippen LogP contribution in [0.15, 0.2) is 18.3 Å². The second-order valence-electron chi connectivity index (χ2n) is 5.81. The van der Waals surface area contributed by atoms with Crippen molar-refractivity contribution in [2.45, 2.75) is 31.4 Å². The van der Waals surface area contributed by atoms with Gasteiger partial charge in [-0.3, -0.25) is 14.7 Å². The van der Waals surface area contributed by atoms with E-state index in [2.05, 4.69) is 15.2 Å². The Morgan fingerprint density at radius 2 is 2.43 bits per heavy atom. The Hall–Kier alpha value is -1.66. The monoisotopic (exact) mass is 290 g/mol. The number of ether oxygens (including phenoxy) is 1. The van der Waals surface area contributed by atoms with Gasteiger partial charge in [-0.1, -0.05) is 0 Å². The van der Waals surface area contributed by atoms with Gasteiger partial charge in [0.25, 0.3) is 0 Å². The summed E-state index contributed by atoms with van der Waals surface area (Å²) in [4.78, 5) is 18.5. The molecule has 114 valence electrons. The molecule has 0 aromatic carbocycles. The lowest BCUT2D eigenvalue weighted by Crippen LogP contribution is -2.50. The van der Waals surface area contributed by atoms with Gasteiger partial charge in [0.2, 0.25) is 5.91 Å². The zero-order valence-electron chi connectivity index (χ0n) is 12.1. The molecule has 1 aromatic heterocycles. The largest absolute Gasteiger partial charge is 0.397 e. The second-order valence-corrected chi connectivity index (χ2v) is 5.81. The number of fused-ring (bicyclic) bond motifs is 1. The van der Waals surface area contributed by atoms with Crippen LogP contribution < -0.4 is 11.1 Å². The number of anilines is 1.